The summed E-state index contributed by atoms with van der Waals surface area (Å²) in [4.78, 5) is 36.3. The average molecular weight is 471 g/mol. The maximum atomic E-state index is 12.5. The number of aliphatic carboxylic acids is 1. The van der Waals surface area contributed by atoms with Gasteiger partial charge in [-0.25, -0.2) is 9.59 Å². The van der Waals surface area contributed by atoms with Crippen molar-refractivity contribution in [2.75, 3.05) is 18.6 Å². The van der Waals surface area contributed by atoms with Crippen LogP contribution in [0.5, 0.6) is 0 Å². The number of carboxylic acid groups (broad SMARTS) is 1. The molecule has 2 aromatic carbocycles. The van der Waals surface area contributed by atoms with Crippen molar-refractivity contribution in [3.05, 3.63) is 59.7 Å². The Bertz CT molecular complexity index is 978. The Labute approximate surface area is 198 Å². The molecule has 1 aliphatic carbocycles. The zero-order chi connectivity index (χ0) is 24.0. The van der Waals surface area contributed by atoms with E-state index >= 15 is 0 Å². The molecule has 7 nitrogen and oxygen atoms in total. The van der Waals surface area contributed by atoms with Crippen LogP contribution in [0.15, 0.2) is 48.5 Å². The van der Waals surface area contributed by atoms with E-state index in [1.54, 1.807) is 13.8 Å². The number of nitrogens with one attached hydrogen (secondary N) is 2. The minimum atomic E-state index is -1.07. The van der Waals surface area contributed by atoms with Crippen LogP contribution in [0.4, 0.5) is 4.79 Å². The van der Waals surface area contributed by atoms with Crippen molar-refractivity contribution in [2.45, 2.75) is 44.2 Å². The summed E-state index contributed by atoms with van der Waals surface area (Å²) in [5.74, 6) is -0.937. The summed E-state index contributed by atoms with van der Waals surface area (Å²) in [5, 5.41) is 14.6. The Hall–Kier alpha value is -3.00. The highest BCUT2D eigenvalue weighted by atomic mass is 32.2. The first-order valence-corrected chi connectivity index (χ1v) is 12.3. The van der Waals surface area contributed by atoms with Gasteiger partial charge in [-0.1, -0.05) is 48.5 Å². The second-order valence-corrected chi connectivity index (χ2v) is 9.74. The van der Waals surface area contributed by atoms with Crippen LogP contribution in [0, 0.1) is 0 Å². The smallest absolute Gasteiger partial charge is 0.407 e. The van der Waals surface area contributed by atoms with E-state index in [1.807, 2.05) is 42.7 Å². The zero-order valence-corrected chi connectivity index (χ0v) is 19.9. The van der Waals surface area contributed by atoms with E-state index in [9.17, 15) is 19.5 Å². The van der Waals surface area contributed by atoms with Crippen molar-refractivity contribution < 1.29 is 24.2 Å². The number of carboxylic acids is 1. The van der Waals surface area contributed by atoms with Gasteiger partial charge in [0, 0.05) is 17.9 Å². The Balaban J connectivity index is 1.56. The van der Waals surface area contributed by atoms with Crippen molar-refractivity contribution in [1.29, 1.82) is 0 Å². The molecule has 3 rings (SSSR count). The van der Waals surface area contributed by atoms with E-state index in [2.05, 4.69) is 22.8 Å². The molecule has 0 aliphatic heterocycles. The molecule has 0 unspecified atom stereocenters. The second kappa shape index (κ2) is 10.7. The lowest BCUT2D eigenvalue weighted by Gasteiger charge is -2.26. The number of benzene rings is 2. The van der Waals surface area contributed by atoms with Gasteiger partial charge in [-0.15, -0.1) is 0 Å². The molecule has 0 aromatic heterocycles. The zero-order valence-electron chi connectivity index (χ0n) is 19.1. The van der Waals surface area contributed by atoms with E-state index in [-0.39, 0.29) is 18.9 Å². The third-order valence-electron chi connectivity index (χ3n) is 5.63. The molecule has 0 bridgehead atoms. The molecule has 33 heavy (non-hydrogen) atoms. The molecular weight excluding hydrogens is 440 g/mol. The number of rotatable bonds is 10. The van der Waals surface area contributed by atoms with Crippen LogP contribution in [0.25, 0.3) is 11.1 Å². The molecule has 176 valence electrons. The molecule has 0 saturated heterocycles. The molecule has 0 heterocycles. The van der Waals surface area contributed by atoms with Crippen LogP contribution in [0.2, 0.25) is 0 Å². The number of hydrogen-bond acceptors (Lipinski definition) is 5. The van der Waals surface area contributed by atoms with Gasteiger partial charge in [0.2, 0.25) is 5.91 Å². The third-order valence-corrected chi connectivity index (χ3v) is 6.27. The number of carbonyl (C=O) groups is 3. The van der Waals surface area contributed by atoms with Crippen molar-refractivity contribution in [3.8, 4) is 11.1 Å². The fraction of sp³-hybridized carbons (Fsp3) is 0.400. The molecule has 0 saturated carbocycles. The Morgan fingerprint density at radius 1 is 1.06 bits per heavy atom. The largest absolute Gasteiger partial charge is 0.480 e. The lowest BCUT2D eigenvalue weighted by molar-refractivity contribution is -0.142. The van der Waals surface area contributed by atoms with Crippen LogP contribution in [-0.2, 0) is 14.3 Å². The van der Waals surface area contributed by atoms with Gasteiger partial charge in [0.15, 0.2) is 0 Å². The van der Waals surface area contributed by atoms with E-state index < -0.39 is 29.6 Å². The highest BCUT2D eigenvalue weighted by Crippen LogP contribution is 2.44. The van der Waals surface area contributed by atoms with Crippen LogP contribution < -0.4 is 10.6 Å². The summed E-state index contributed by atoms with van der Waals surface area (Å²) in [6, 6.07) is 15.2. The van der Waals surface area contributed by atoms with Crippen LogP contribution >= 0.6 is 11.8 Å². The molecule has 0 fully saturated rings. The summed E-state index contributed by atoms with van der Waals surface area (Å²) in [6.07, 6.45) is 1.53. The van der Waals surface area contributed by atoms with Gasteiger partial charge < -0.3 is 20.5 Å². The standard InChI is InChI=1S/C25H30N2O5S/c1-25(2,14-22(28)26-21(23(29)30)12-13-33-3)27-24(31)32-15-20-18-10-6-4-8-16(18)17-9-5-7-11-19(17)20/h4-11,20-21H,12-15H2,1-3H3,(H,26,28)(H,27,31)(H,29,30)/t21-/m0/s1. The number of alkyl carbamates (subject to hydrolysis) is 1. The van der Waals surface area contributed by atoms with E-state index in [1.165, 1.54) is 11.8 Å². The first-order valence-electron chi connectivity index (χ1n) is 10.9. The van der Waals surface area contributed by atoms with E-state index in [0.717, 1.165) is 22.3 Å². The van der Waals surface area contributed by atoms with Crippen molar-refractivity contribution in [2.24, 2.45) is 0 Å². The maximum absolute atomic E-state index is 12.5. The Morgan fingerprint density at radius 2 is 1.64 bits per heavy atom. The number of fused-ring (bicyclic) bond motifs is 3. The van der Waals surface area contributed by atoms with Crippen molar-refractivity contribution >= 4 is 29.7 Å². The number of carbonyl (C=O) groups excluding carboxylic acids is 2. The Kier molecular flexibility index (Phi) is 8.02. The van der Waals surface area contributed by atoms with Crippen LogP contribution in [0.3, 0.4) is 0 Å². The first kappa shape index (κ1) is 24.6. The second-order valence-electron chi connectivity index (χ2n) is 8.75. The molecule has 0 spiro atoms. The minimum Gasteiger partial charge on any atom is -0.480 e. The van der Waals surface area contributed by atoms with Gasteiger partial charge in [-0.05, 0) is 54.5 Å². The van der Waals surface area contributed by atoms with E-state index in [0.29, 0.717) is 12.2 Å². The van der Waals surface area contributed by atoms with Crippen molar-refractivity contribution in [1.82, 2.24) is 10.6 Å². The van der Waals surface area contributed by atoms with E-state index in [4.69, 9.17) is 4.74 Å². The summed E-state index contributed by atoms with van der Waals surface area (Å²) in [7, 11) is 0. The van der Waals surface area contributed by atoms with Gasteiger partial charge in [0.1, 0.15) is 12.6 Å². The average Bonchev–Trinajstić information content (AvgIpc) is 3.08. The normalized spacial score (nSPS) is 13.5. The monoisotopic (exact) mass is 470 g/mol. The van der Waals surface area contributed by atoms with Gasteiger partial charge in [0.05, 0.1) is 0 Å². The topological polar surface area (TPSA) is 105 Å². The predicted molar refractivity (Wildman–Crippen MR) is 129 cm³/mol. The summed E-state index contributed by atoms with van der Waals surface area (Å²) >= 11 is 1.52. The predicted octanol–water partition coefficient (Wildman–Crippen LogP) is 4.02. The summed E-state index contributed by atoms with van der Waals surface area (Å²) < 4.78 is 5.55. The van der Waals surface area contributed by atoms with Gasteiger partial charge >= 0.3 is 12.1 Å². The summed E-state index contributed by atoms with van der Waals surface area (Å²) in [6.45, 7) is 3.58. The highest BCUT2D eigenvalue weighted by molar-refractivity contribution is 7.98. The Morgan fingerprint density at radius 3 is 2.18 bits per heavy atom. The molecule has 1 aliphatic rings. The molecule has 3 N–H and O–H groups in total. The number of hydrogen-bond donors (Lipinski definition) is 3. The molecule has 2 amide bonds. The fourth-order valence-electron chi connectivity index (χ4n) is 4.09. The number of amides is 2. The number of thioether (sulfide) groups is 1. The van der Waals surface area contributed by atoms with Crippen LogP contribution in [0.1, 0.15) is 43.7 Å². The third kappa shape index (κ3) is 6.28. The maximum Gasteiger partial charge on any atom is 0.407 e. The fourth-order valence-corrected chi connectivity index (χ4v) is 4.57. The lowest BCUT2D eigenvalue weighted by Crippen LogP contribution is -2.49. The summed E-state index contributed by atoms with van der Waals surface area (Å²) in [5.41, 5.74) is 3.63. The quantitative estimate of drug-likeness (QED) is 0.485. The molecule has 1 atom stereocenters. The minimum absolute atomic E-state index is 0.0534. The number of ether oxygens (including phenoxy) is 1. The van der Waals surface area contributed by atoms with Crippen molar-refractivity contribution in [3.63, 3.8) is 0 Å². The molecule has 2 aromatic rings. The van der Waals surface area contributed by atoms with Gasteiger partial charge in [0.25, 0.3) is 0 Å². The van der Waals surface area contributed by atoms with Gasteiger partial charge in [-0.2, -0.15) is 11.8 Å². The first-order chi connectivity index (χ1) is 15.7. The SMILES string of the molecule is CSCC[C@H](NC(=O)CC(C)(C)NC(=O)OCC1c2ccccc2-c2ccccc21)C(=O)O. The molecule has 8 heteroatoms. The lowest BCUT2D eigenvalue weighted by atomic mass is 9.98. The van der Waals surface area contributed by atoms with Gasteiger partial charge in [-0.3, -0.25) is 4.79 Å². The highest BCUT2D eigenvalue weighted by Gasteiger charge is 2.31. The molecule has 0 radical (unpaired) electrons. The van der Waals surface area contributed by atoms with Crippen LogP contribution in [-0.4, -0.2) is 53.3 Å². The molecular formula is C25H30N2O5S.